The number of unbranched alkanes of at least 4 members (excludes halogenated alkanes) is 28. The largest absolute Gasteiger partial charge is 0.472 e. The number of aliphatic hydroxyl groups is 1. The second-order valence-corrected chi connectivity index (χ2v) is 28.6. The van der Waals surface area contributed by atoms with Gasteiger partial charge in [0.2, 0.25) is 0 Å². The van der Waals surface area contributed by atoms with E-state index in [9.17, 15) is 43.2 Å². The van der Waals surface area contributed by atoms with Crippen LogP contribution in [0.4, 0.5) is 0 Å². The highest BCUT2D eigenvalue weighted by Gasteiger charge is 2.30. The number of esters is 4. The van der Waals surface area contributed by atoms with Crippen LogP contribution in [0.5, 0.6) is 0 Å². The van der Waals surface area contributed by atoms with Gasteiger partial charge in [-0.15, -0.1) is 0 Å². The number of carbonyl (C=O) groups is 4. The summed E-state index contributed by atoms with van der Waals surface area (Å²) >= 11 is 0. The maximum atomic E-state index is 13.0. The molecule has 0 aromatic rings. The molecule has 0 aliphatic carbocycles. The van der Waals surface area contributed by atoms with Crippen molar-refractivity contribution in [3.8, 4) is 0 Å². The summed E-state index contributed by atoms with van der Waals surface area (Å²) in [6, 6.07) is 0. The molecule has 0 aromatic carbocycles. The SMILES string of the molecule is CCC(C)CCCCCCCCC(=O)OC[C@H](COP(=O)(O)OCC(O)COP(=O)(O)OC[C@@H](COC(=O)CCCCCCCCCC(C)C)OC(=O)CCCCCCCCCCCCCCCC(C)C)OC(=O)CCCCCCCCC(C)CC. The van der Waals surface area contributed by atoms with E-state index in [4.69, 9.17) is 37.0 Å². The lowest BCUT2D eigenvalue weighted by Crippen LogP contribution is -2.30. The van der Waals surface area contributed by atoms with Crippen molar-refractivity contribution in [1.29, 1.82) is 0 Å². The smallest absolute Gasteiger partial charge is 0.462 e. The number of phosphoric ester groups is 2. The molecule has 0 heterocycles. The third-order valence-corrected chi connectivity index (χ3v) is 17.9. The Morgan fingerprint density at radius 3 is 0.826 bits per heavy atom. The zero-order valence-electron chi connectivity index (χ0n) is 55.9. The van der Waals surface area contributed by atoms with E-state index in [0.717, 1.165) is 120 Å². The molecule has 86 heavy (non-hydrogen) atoms. The molecule has 19 heteroatoms. The van der Waals surface area contributed by atoms with Crippen LogP contribution in [0.2, 0.25) is 0 Å². The van der Waals surface area contributed by atoms with E-state index >= 15 is 0 Å². The lowest BCUT2D eigenvalue weighted by atomic mass is 10.00. The monoisotopic (exact) mass is 1270 g/mol. The first-order chi connectivity index (χ1) is 41.2. The zero-order chi connectivity index (χ0) is 63.9. The predicted molar refractivity (Wildman–Crippen MR) is 344 cm³/mol. The molecule has 0 radical (unpaired) electrons. The minimum Gasteiger partial charge on any atom is -0.462 e. The Hall–Kier alpha value is -1.94. The van der Waals surface area contributed by atoms with Gasteiger partial charge in [-0.1, -0.05) is 274 Å². The molecule has 0 amide bonds. The number of phosphoric acid groups is 2. The van der Waals surface area contributed by atoms with Crippen LogP contribution < -0.4 is 0 Å². The Labute approximate surface area is 524 Å². The van der Waals surface area contributed by atoms with Crippen LogP contribution in [0.3, 0.4) is 0 Å². The van der Waals surface area contributed by atoms with E-state index < -0.39 is 97.5 Å². The average Bonchev–Trinajstić information content (AvgIpc) is 3.69. The first kappa shape index (κ1) is 84.1. The van der Waals surface area contributed by atoms with Gasteiger partial charge in [0.1, 0.15) is 19.3 Å². The highest BCUT2D eigenvalue weighted by Crippen LogP contribution is 2.45. The molecule has 0 spiro atoms. The van der Waals surface area contributed by atoms with Crippen LogP contribution in [0.1, 0.15) is 325 Å². The molecule has 5 unspecified atom stereocenters. The van der Waals surface area contributed by atoms with Gasteiger partial charge < -0.3 is 33.8 Å². The number of rotatable bonds is 64. The lowest BCUT2D eigenvalue weighted by molar-refractivity contribution is -0.161. The van der Waals surface area contributed by atoms with Gasteiger partial charge in [0, 0.05) is 25.7 Å². The molecular weight excluding hydrogens is 1140 g/mol. The maximum absolute atomic E-state index is 13.0. The minimum atomic E-state index is -4.95. The van der Waals surface area contributed by atoms with Gasteiger partial charge in [0.15, 0.2) is 12.2 Å². The fourth-order valence-corrected chi connectivity index (χ4v) is 11.5. The first-order valence-electron chi connectivity index (χ1n) is 34.8. The van der Waals surface area contributed by atoms with Crippen LogP contribution in [0, 0.1) is 23.7 Å². The minimum absolute atomic E-state index is 0.101. The van der Waals surface area contributed by atoms with E-state index in [1.54, 1.807) is 0 Å². The van der Waals surface area contributed by atoms with E-state index in [2.05, 4.69) is 55.4 Å². The summed E-state index contributed by atoms with van der Waals surface area (Å²) in [5.74, 6) is 0.805. The summed E-state index contributed by atoms with van der Waals surface area (Å²) in [4.78, 5) is 72.3. The first-order valence-corrected chi connectivity index (χ1v) is 37.8. The highest BCUT2D eigenvalue weighted by molar-refractivity contribution is 7.47. The Bertz CT molecular complexity index is 1720. The van der Waals surface area contributed by atoms with Gasteiger partial charge in [-0.05, 0) is 49.4 Å². The second-order valence-electron chi connectivity index (χ2n) is 25.6. The Balaban J connectivity index is 5.24. The van der Waals surface area contributed by atoms with Crippen molar-refractivity contribution in [3.05, 3.63) is 0 Å². The summed E-state index contributed by atoms with van der Waals surface area (Å²) in [5.41, 5.74) is 0. The van der Waals surface area contributed by atoms with E-state index in [-0.39, 0.29) is 25.7 Å². The summed E-state index contributed by atoms with van der Waals surface area (Å²) in [7, 11) is -9.90. The zero-order valence-corrected chi connectivity index (χ0v) is 57.7. The maximum Gasteiger partial charge on any atom is 0.472 e. The number of aliphatic hydroxyl groups excluding tert-OH is 1. The van der Waals surface area contributed by atoms with Gasteiger partial charge in [-0.2, -0.15) is 0 Å². The molecule has 17 nitrogen and oxygen atoms in total. The van der Waals surface area contributed by atoms with Crippen LogP contribution >= 0.6 is 15.6 Å². The van der Waals surface area contributed by atoms with Gasteiger partial charge in [0.25, 0.3) is 0 Å². The Morgan fingerprint density at radius 1 is 0.326 bits per heavy atom. The van der Waals surface area contributed by atoms with Crippen molar-refractivity contribution in [2.24, 2.45) is 23.7 Å². The molecule has 0 aliphatic rings. The highest BCUT2D eigenvalue weighted by atomic mass is 31.2. The quantitative estimate of drug-likeness (QED) is 0.0222. The molecule has 0 saturated carbocycles. The summed E-state index contributed by atoms with van der Waals surface area (Å²) in [5, 5.41) is 10.6. The molecule has 0 aliphatic heterocycles. The van der Waals surface area contributed by atoms with Crippen molar-refractivity contribution in [3.63, 3.8) is 0 Å². The summed E-state index contributed by atoms with van der Waals surface area (Å²) < 4.78 is 68.1. The van der Waals surface area contributed by atoms with Gasteiger partial charge in [0.05, 0.1) is 26.4 Å². The fraction of sp³-hybridized carbons (Fsp3) is 0.940. The molecule has 0 bridgehead atoms. The van der Waals surface area contributed by atoms with Crippen molar-refractivity contribution in [2.45, 2.75) is 343 Å². The number of carbonyl (C=O) groups excluding carboxylic acids is 4. The van der Waals surface area contributed by atoms with Crippen molar-refractivity contribution in [1.82, 2.24) is 0 Å². The lowest BCUT2D eigenvalue weighted by Gasteiger charge is -2.21. The molecular formula is C67H130O17P2. The summed E-state index contributed by atoms with van der Waals surface area (Å²) in [6.07, 6.45) is 37.7. The molecule has 510 valence electrons. The number of hydrogen-bond donors (Lipinski definition) is 3. The molecule has 7 atom stereocenters. The van der Waals surface area contributed by atoms with Crippen molar-refractivity contribution < 1.29 is 80.2 Å². The fourth-order valence-electron chi connectivity index (χ4n) is 9.89. The molecule has 0 rings (SSSR count). The van der Waals surface area contributed by atoms with Gasteiger partial charge >= 0.3 is 39.5 Å². The van der Waals surface area contributed by atoms with Crippen LogP contribution in [0.25, 0.3) is 0 Å². The predicted octanol–water partition coefficient (Wildman–Crippen LogP) is 18.5. The van der Waals surface area contributed by atoms with Crippen LogP contribution in [-0.4, -0.2) is 96.7 Å². The second kappa shape index (κ2) is 57.0. The van der Waals surface area contributed by atoms with Crippen molar-refractivity contribution >= 4 is 39.5 Å². The van der Waals surface area contributed by atoms with Gasteiger partial charge in [-0.25, -0.2) is 9.13 Å². The van der Waals surface area contributed by atoms with Gasteiger partial charge in [-0.3, -0.25) is 37.3 Å². The topological polar surface area (TPSA) is 237 Å². The molecule has 3 N–H and O–H groups in total. The average molecular weight is 1270 g/mol. The third-order valence-electron chi connectivity index (χ3n) is 16.0. The van der Waals surface area contributed by atoms with Crippen molar-refractivity contribution in [2.75, 3.05) is 39.6 Å². The van der Waals surface area contributed by atoms with E-state index in [0.29, 0.717) is 31.6 Å². The Kier molecular flexibility index (Phi) is 55.7. The van der Waals surface area contributed by atoms with Crippen LogP contribution in [0.15, 0.2) is 0 Å². The molecule has 0 aromatic heterocycles. The standard InChI is InChI=1S/C67H130O17P2/c1-9-59(7)45-37-29-23-25-32-40-48-65(70)78-54-63(84-67(72)50-42-34-26-24-30-38-46-60(8)10-2)56-82-86(75,76)80-52-61(68)51-79-85(73,74)81-55-62(53-77-64(69)47-39-31-22-18-20-28-36-44-58(5)6)83-66(71)49-41-33-21-17-15-13-11-12-14-16-19-27-35-43-57(3)4/h57-63,68H,9-56H2,1-8H3,(H,73,74)(H,75,76)/t59?,60?,61?,62-,63-/m1/s1. The third kappa shape index (κ3) is 58.4. The normalized spacial score (nSPS) is 15.0. The van der Waals surface area contributed by atoms with Crippen LogP contribution in [-0.2, 0) is 65.4 Å². The molecule has 0 saturated heterocycles. The van der Waals surface area contributed by atoms with E-state index in [1.165, 1.54) is 116 Å². The molecule has 0 fully saturated rings. The Morgan fingerprint density at radius 2 is 0.558 bits per heavy atom. The summed E-state index contributed by atoms with van der Waals surface area (Å²) in [6.45, 7) is 14.0. The number of ether oxygens (including phenoxy) is 4. The number of hydrogen-bond acceptors (Lipinski definition) is 15. The van der Waals surface area contributed by atoms with E-state index in [1.807, 2.05) is 0 Å².